The molecule has 2 aromatic rings. The van der Waals surface area contributed by atoms with Crippen molar-refractivity contribution < 1.29 is 18.7 Å². The van der Waals surface area contributed by atoms with Crippen LogP contribution >= 0.6 is 11.8 Å². The predicted octanol–water partition coefficient (Wildman–Crippen LogP) is 3.19. The van der Waals surface area contributed by atoms with Gasteiger partial charge in [-0.1, -0.05) is 11.8 Å². The zero-order chi connectivity index (χ0) is 22.5. The third-order valence-electron chi connectivity index (χ3n) is 6.04. The van der Waals surface area contributed by atoms with Gasteiger partial charge in [-0.05, 0) is 56.9 Å². The molecule has 0 radical (unpaired) electrons. The van der Waals surface area contributed by atoms with E-state index in [9.17, 15) is 4.79 Å². The number of benzene rings is 1. The number of thioether (sulfide) groups is 1. The van der Waals surface area contributed by atoms with Gasteiger partial charge in [0.2, 0.25) is 11.8 Å². The van der Waals surface area contributed by atoms with Gasteiger partial charge < -0.3 is 18.8 Å². The van der Waals surface area contributed by atoms with Crippen molar-refractivity contribution in [2.24, 2.45) is 5.92 Å². The Bertz CT molecular complexity index is 872. The Morgan fingerprint density at radius 3 is 2.47 bits per heavy atom. The molecule has 2 unspecified atom stereocenters. The summed E-state index contributed by atoms with van der Waals surface area (Å²) < 4.78 is 16.7. The van der Waals surface area contributed by atoms with E-state index in [1.165, 1.54) is 11.8 Å². The molecule has 1 aromatic heterocycles. The highest BCUT2D eigenvalue weighted by molar-refractivity contribution is 7.99. The number of nitrogens with zero attached hydrogens (tertiary/aromatic N) is 4. The summed E-state index contributed by atoms with van der Waals surface area (Å²) >= 11 is 1.30. The maximum Gasteiger partial charge on any atom is 0.277 e. The molecule has 1 amide bonds. The predicted molar refractivity (Wildman–Crippen MR) is 123 cm³/mol. The van der Waals surface area contributed by atoms with Crippen molar-refractivity contribution in [3.05, 3.63) is 24.3 Å². The molecule has 2 atom stereocenters. The van der Waals surface area contributed by atoms with Crippen LogP contribution in [0.5, 0.6) is 5.75 Å². The van der Waals surface area contributed by atoms with Crippen LogP contribution in [0.1, 0.15) is 26.7 Å². The number of hydrogen-bond donors (Lipinski definition) is 0. The van der Waals surface area contributed by atoms with Crippen LogP contribution in [0.4, 0.5) is 0 Å². The minimum absolute atomic E-state index is 0.131. The molecule has 3 heterocycles. The van der Waals surface area contributed by atoms with Crippen LogP contribution in [-0.4, -0.2) is 83.7 Å². The van der Waals surface area contributed by atoms with Crippen LogP contribution in [0, 0.1) is 5.92 Å². The summed E-state index contributed by atoms with van der Waals surface area (Å²) in [5.41, 5.74) is 0.822. The zero-order valence-corrected chi connectivity index (χ0v) is 19.8. The van der Waals surface area contributed by atoms with Gasteiger partial charge in [0.05, 0.1) is 25.1 Å². The molecule has 1 aromatic carbocycles. The Labute approximate surface area is 193 Å². The lowest BCUT2D eigenvalue weighted by atomic mass is 9.95. The number of amides is 1. The molecule has 2 fully saturated rings. The van der Waals surface area contributed by atoms with Crippen molar-refractivity contribution in [3.8, 4) is 17.2 Å². The van der Waals surface area contributed by atoms with Crippen LogP contribution in [-0.2, 0) is 9.53 Å². The summed E-state index contributed by atoms with van der Waals surface area (Å²) in [7, 11) is 1.63. The van der Waals surface area contributed by atoms with E-state index in [-0.39, 0.29) is 5.91 Å². The maximum absolute atomic E-state index is 12.7. The lowest BCUT2D eigenvalue weighted by Gasteiger charge is -2.39. The Morgan fingerprint density at radius 1 is 1.12 bits per heavy atom. The number of rotatable bonds is 7. The van der Waals surface area contributed by atoms with Crippen LogP contribution in [0.15, 0.2) is 33.9 Å². The fraction of sp³-hybridized carbons (Fsp3) is 0.609. The normalized spacial score (nSPS) is 22.8. The highest BCUT2D eigenvalue weighted by Gasteiger charge is 2.28. The standard InChI is InChI=1S/C23H32N4O4S/c1-16-12-26(13-17(2)30-16)14-18-8-10-27(11-9-18)21(28)15-32-23-25-24-22(31-23)19-4-6-20(29-3)7-5-19/h4-7,16-18H,8-15H2,1-3H3. The number of carbonyl (C=O) groups excluding carboxylic acids is 1. The largest absolute Gasteiger partial charge is 0.497 e. The van der Waals surface area contributed by atoms with Gasteiger partial charge in [-0.2, -0.15) is 0 Å². The minimum atomic E-state index is 0.131. The third kappa shape index (κ3) is 6.02. The summed E-state index contributed by atoms with van der Waals surface area (Å²) in [6.07, 6.45) is 2.71. The molecule has 0 saturated carbocycles. The Kier molecular flexibility index (Phi) is 7.70. The fourth-order valence-corrected chi connectivity index (χ4v) is 5.16. The van der Waals surface area contributed by atoms with E-state index in [2.05, 4.69) is 28.9 Å². The molecule has 4 rings (SSSR count). The van der Waals surface area contributed by atoms with E-state index in [0.29, 0.717) is 35.0 Å². The number of aromatic nitrogens is 2. The number of morpholine rings is 1. The maximum atomic E-state index is 12.7. The number of carbonyl (C=O) groups is 1. The topological polar surface area (TPSA) is 80.9 Å². The second kappa shape index (κ2) is 10.7. The molecule has 32 heavy (non-hydrogen) atoms. The van der Waals surface area contributed by atoms with Crippen molar-refractivity contribution in [2.75, 3.05) is 45.6 Å². The lowest BCUT2D eigenvalue weighted by Crippen LogP contribution is -2.48. The molecule has 8 nitrogen and oxygen atoms in total. The SMILES string of the molecule is COc1ccc(-c2nnc(SCC(=O)N3CCC(CN4CC(C)OC(C)C4)CC3)o2)cc1. The molecule has 2 aliphatic rings. The number of likely N-dealkylation sites (tertiary alicyclic amines) is 1. The summed E-state index contributed by atoms with van der Waals surface area (Å²) in [4.78, 5) is 17.2. The average molecular weight is 461 g/mol. The van der Waals surface area contributed by atoms with E-state index < -0.39 is 0 Å². The fourth-order valence-electron chi connectivity index (χ4n) is 4.50. The number of hydrogen-bond acceptors (Lipinski definition) is 8. The molecule has 2 aliphatic heterocycles. The van der Waals surface area contributed by atoms with Gasteiger partial charge in [-0.3, -0.25) is 9.69 Å². The quantitative estimate of drug-likeness (QED) is 0.583. The van der Waals surface area contributed by atoms with E-state index in [4.69, 9.17) is 13.9 Å². The first kappa shape index (κ1) is 23.1. The highest BCUT2D eigenvalue weighted by Crippen LogP contribution is 2.26. The molecule has 2 saturated heterocycles. The summed E-state index contributed by atoms with van der Waals surface area (Å²) in [6, 6.07) is 7.43. The van der Waals surface area contributed by atoms with Crippen molar-refractivity contribution in [1.29, 1.82) is 0 Å². The number of methoxy groups -OCH3 is 1. The van der Waals surface area contributed by atoms with Gasteiger partial charge >= 0.3 is 0 Å². The molecule has 0 aliphatic carbocycles. The van der Waals surface area contributed by atoms with Crippen LogP contribution in [0.3, 0.4) is 0 Å². The minimum Gasteiger partial charge on any atom is -0.497 e. The second-order valence-corrected chi connectivity index (χ2v) is 9.62. The van der Waals surface area contributed by atoms with E-state index >= 15 is 0 Å². The summed E-state index contributed by atoms with van der Waals surface area (Å²) in [5, 5.41) is 8.57. The van der Waals surface area contributed by atoms with E-state index in [1.54, 1.807) is 7.11 Å². The van der Waals surface area contributed by atoms with Gasteiger partial charge in [0.25, 0.3) is 5.22 Å². The Hall–Kier alpha value is -2.10. The molecule has 9 heteroatoms. The van der Waals surface area contributed by atoms with Crippen molar-refractivity contribution >= 4 is 17.7 Å². The van der Waals surface area contributed by atoms with Crippen LogP contribution in [0.25, 0.3) is 11.5 Å². The Balaban J connectivity index is 1.20. The third-order valence-corrected chi connectivity index (χ3v) is 6.84. The Morgan fingerprint density at radius 2 is 1.81 bits per heavy atom. The van der Waals surface area contributed by atoms with E-state index in [1.807, 2.05) is 29.2 Å². The molecule has 174 valence electrons. The van der Waals surface area contributed by atoms with Crippen molar-refractivity contribution in [1.82, 2.24) is 20.0 Å². The molecular weight excluding hydrogens is 428 g/mol. The summed E-state index contributed by atoms with van der Waals surface area (Å²) in [5.74, 6) is 2.30. The summed E-state index contributed by atoms with van der Waals surface area (Å²) in [6.45, 7) is 9.04. The molecule has 0 N–H and O–H groups in total. The zero-order valence-electron chi connectivity index (χ0n) is 19.0. The molecule has 0 bridgehead atoms. The lowest BCUT2D eigenvalue weighted by molar-refractivity contribution is -0.130. The van der Waals surface area contributed by atoms with E-state index in [0.717, 1.165) is 56.9 Å². The first-order valence-electron chi connectivity index (χ1n) is 11.3. The second-order valence-electron chi connectivity index (χ2n) is 8.69. The molecular formula is C23H32N4O4S. The highest BCUT2D eigenvalue weighted by atomic mass is 32.2. The number of ether oxygens (including phenoxy) is 2. The van der Waals surface area contributed by atoms with Gasteiger partial charge in [0.15, 0.2) is 0 Å². The van der Waals surface area contributed by atoms with Crippen molar-refractivity contribution in [2.45, 2.75) is 44.1 Å². The molecule has 0 spiro atoms. The van der Waals surface area contributed by atoms with Gasteiger partial charge in [-0.15, -0.1) is 10.2 Å². The van der Waals surface area contributed by atoms with Crippen LogP contribution in [0.2, 0.25) is 0 Å². The van der Waals surface area contributed by atoms with Crippen molar-refractivity contribution in [3.63, 3.8) is 0 Å². The first-order chi connectivity index (χ1) is 15.5. The van der Waals surface area contributed by atoms with Crippen LogP contribution < -0.4 is 4.74 Å². The van der Waals surface area contributed by atoms with Gasteiger partial charge in [-0.25, -0.2) is 0 Å². The average Bonchev–Trinajstić information content (AvgIpc) is 3.26. The van der Waals surface area contributed by atoms with Gasteiger partial charge in [0.1, 0.15) is 5.75 Å². The smallest absolute Gasteiger partial charge is 0.277 e. The first-order valence-corrected chi connectivity index (χ1v) is 12.2. The monoisotopic (exact) mass is 460 g/mol. The van der Waals surface area contributed by atoms with Gasteiger partial charge in [0, 0.05) is 38.3 Å². The number of piperidine rings is 1.